The Morgan fingerprint density at radius 3 is 2.37 bits per heavy atom. The zero-order valence-electron chi connectivity index (χ0n) is 19.3. The van der Waals surface area contributed by atoms with Gasteiger partial charge in [0.2, 0.25) is 17.7 Å². The Bertz CT molecular complexity index is 1020. The highest BCUT2D eigenvalue weighted by Gasteiger charge is 2.30. The number of aromatic nitrogens is 2. The third-order valence-electron chi connectivity index (χ3n) is 5.73. The van der Waals surface area contributed by atoms with E-state index in [4.69, 9.17) is 0 Å². The molecule has 1 aliphatic rings. The number of carbonyl (C=O) groups is 4. The number of amides is 3. The van der Waals surface area contributed by atoms with Crippen LogP contribution in [0.4, 0.5) is 0 Å². The van der Waals surface area contributed by atoms with E-state index >= 15 is 0 Å². The highest BCUT2D eigenvalue weighted by atomic mass is 16.4. The minimum absolute atomic E-state index is 0.0209. The zero-order chi connectivity index (χ0) is 25.4. The topological polar surface area (TPSA) is 186 Å². The monoisotopic (exact) mass is 486 g/mol. The van der Waals surface area contributed by atoms with Crippen LogP contribution in [0.2, 0.25) is 0 Å². The van der Waals surface area contributed by atoms with E-state index in [0.29, 0.717) is 17.7 Å². The number of phenols is 1. The second-order valence-corrected chi connectivity index (χ2v) is 8.49. The Labute approximate surface area is 201 Å². The summed E-state index contributed by atoms with van der Waals surface area (Å²) >= 11 is 0. The summed E-state index contributed by atoms with van der Waals surface area (Å²) in [5.74, 6) is -2.78. The van der Waals surface area contributed by atoms with Crippen molar-refractivity contribution < 1.29 is 29.4 Å². The van der Waals surface area contributed by atoms with Crippen LogP contribution in [0.5, 0.6) is 5.75 Å². The summed E-state index contributed by atoms with van der Waals surface area (Å²) in [4.78, 5) is 56.7. The number of carboxylic acid groups (broad SMARTS) is 1. The summed E-state index contributed by atoms with van der Waals surface area (Å²) in [5.41, 5.74) is 1.16. The molecule has 0 radical (unpaired) electrons. The third kappa shape index (κ3) is 7.54. The molecule has 1 aliphatic heterocycles. The predicted octanol–water partition coefficient (Wildman–Crippen LogP) is -0.789. The van der Waals surface area contributed by atoms with Crippen LogP contribution in [0.3, 0.4) is 0 Å². The smallest absolute Gasteiger partial charge is 0.326 e. The molecule has 4 unspecified atom stereocenters. The van der Waals surface area contributed by atoms with Gasteiger partial charge in [0, 0.05) is 24.7 Å². The molecular weight excluding hydrogens is 456 g/mol. The molecule has 3 amide bonds. The van der Waals surface area contributed by atoms with E-state index in [-0.39, 0.29) is 30.5 Å². The summed E-state index contributed by atoms with van der Waals surface area (Å²) in [6.07, 6.45) is 4.49. The SMILES string of the molecule is CC(NC(=O)C1CCCN1)C(=O)NC(Cc1cnc[nH]1)C(=O)NC(Cc1ccc(O)cc1)C(=O)O. The van der Waals surface area contributed by atoms with E-state index in [9.17, 15) is 29.4 Å². The van der Waals surface area contributed by atoms with E-state index in [1.165, 1.54) is 31.6 Å². The normalized spacial score (nSPS) is 17.7. The lowest BCUT2D eigenvalue weighted by Crippen LogP contribution is -2.57. The number of aliphatic carboxylic acids is 1. The van der Waals surface area contributed by atoms with E-state index < -0.39 is 35.9 Å². The van der Waals surface area contributed by atoms with Crippen LogP contribution in [0.15, 0.2) is 36.8 Å². The van der Waals surface area contributed by atoms with Crippen LogP contribution in [-0.2, 0) is 32.0 Å². The Hall–Kier alpha value is -3.93. The lowest BCUT2D eigenvalue weighted by Gasteiger charge is -2.23. The number of H-pyrrole nitrogens is 1. The Morgan fingerprint density at radius 1 is 1.06 bits per heavy atom. The molecule has 0 aliphatic carbocycles. The highest BCUT2D eigenvalue weighted by Crippen LogP contribution is 2.12. The summed E-state index contributed by atoms with van der Waals surface area (Å²) < 4.78 is 0. The number of carboxylic acids is 1. The minimum Gasteiger partial charge on any atom is -0.508 e. The van der Waals surface area contributed by atoms with Crippen molar-refractivity contribution in [1.29, 1.82) is 0 Å². The molecule has 2 heterocycles. The van der Waals surface area contributed by atoms with Crippen LogP contribution in [0.25, 0.3) is 0 Å². The standard InChI is InChI=1S/C23H30N6O6/c1-13(27-21(32)17-3-2-8-25-17)20(31)28-18(10-15-11-24-12-26-15)22(33)29-19(23(34)35)9-14-4-6-16(30)7-5-14/h4-7,11-13,17-19,25,30H,2-3,8-10H2,1H3,(H,24,26)(H,27,32)(H,28,31)(H,29,33)(H,34,35). The number of nitrogens with one attached hydrogen (secondary N) is 5. The number of rotatable bonds is 11. The molecule has 2 aromatic rings. The fourth-order valence-corrected chi connectivity index (χ4v) is 3.75. The lowest BCUT2D eigenvalue weighted by atomic mass is 10.0. The Morgan fingerprint density at radius 2 is 1.77 bits per heavy atom. The van der Waals surface area contributed by atoms with Gasteiger partial charge in [0.25, 0.3) is 0 Å². The van der Waals surface area contributed by atoms with Crippen LogP contribution in [0, 0.1) is 0 Å². The lowest BCUT2D eigenvalue weighted by molar-refractivity contribution is -0.142. The van der Waals surface area contributed by atoms with Crippen molar-refractivity contribution in [1.82, 2.24) is 31.2 Å². The van der Waals surface area contributed by atoms with Gasteiger partial charge >= 0.3 is 5.97 Å². The highest BCUT2D eigenvalue weighted by molar-refractivity contribution is 5.94. The molecule has 188 valence electrons. The number of hydrogen-bond donors (Lipinski definition) is 7. The summed E-state index contributed by atoms with van der Waals surface area (Å²) in [6.45, 7) is 2.25. The maximum Gasteiger partial charge on any atom is 0.326 e. The molecule has 1 saturated heterocycles. The van der Waals surface area contributed by atoms with Crippen molar-refractivity contribution in [3.8, 4) is 5.75 Å². The third-order valence-corrected chi connectivity index (χ3v) is 5.73. The number of aromatic hydroxyl groups is 1. The number of nitrogens with zero attached hydrogens (tertiary/aromatic N) is 1. The molecule has 12 heteroatoms. The average molecular weight is 487 g/mol. The molecule has 4 atom stereocenters. The van der Waals surface area contributed by atoms with Crippen molar-refractivity contribution in [2.24, 2.45) is 0 Å². The average Bonchev–Trinajstić information content (AvgIpc) is 3.54. The van der Waals surface area contributed by atoms with Gasteiger partial charge in [-0.25, -0.2) is 9.78 Å². The van der Waals surface area contributed by atoms with Crippen LogP contribution in [0.1, 0.15) is 31.0 Å². The number of benzene rings is 1. The van der Waals surface area contributed by atoms with Gasteiger partial charge in [0.15, 0.2) is 0 Å². The van der Waals surface area contributed by atoms with Crippen molar-refractivity contribution in [2.75, 3.05) is 6.54 Å². The second kappa shape index (κ2) is 12.0. The van der Waals surface area contributed by atoms with E-state index in [1.54, 1.807) is 12.1 Å². The maximum atomic E-state index is 13.1. The van der Waals surface area contributed by atoms with E-state index in [1.807, 2.05) is 0 Å². The van der Waals surface area contributed by atoms with Crippen molar-refractivity contribution in [2.45, 2.75) is 56.8 Å². The molecule has 1 fully saturated rings. The fraction of sp³-hybridized carbons (Fsp3) is 0.435. The fourth-order valence-electron chi connectivity index (χ4n) is 3.75. The van der Waals surface area contributed by atoms with Gasteiger partial charge in [-0.3, -0.25) is 14.4 Å². The molecule has 0 saturated carbocycles. The zero-order valence-corrected chi connectivity index (χ0v) is 19.3. The number of aromatic amines is 1. The van der Waals surface area contributed by atoms with Crippen molar-refractivity contribution in [3.63, 3.8) is 0 Å². The molecule has 12 nitrogen and oxygen atoms in total. The van der Waals surface area contributed by atoms with E-state index in [2.05, 4.69) is 31.2 Å². The van der Waals surface area contributed by atoms with E-state index in [0.717, 1.165) is 13.0 Å². The van der Waals surface area contributed by atoms with Gasteiger partial charge in [0.1, 0.15) is 23.9 Å². The Balaban J connectivity index is 1.66. The van der Waals surface area contributed by atoms with Crippen molar-refractivity contribution in [3.05, 3.63) is 48.0 Å². The van der Waals surface area contributed by atoms with Crippen LogP contribution >= 0.6 is 0 Å². The molecule has 35 heavy (non-hydrogen) atoms. The summed E-state index contributed by atoms with van der Waals surface area (Å²) in [7, 11) is 0. The van der Waals surface area contributed by atoms with Crippen molar-refractivity contribution >= 4 is 23.7 Å². The first-order valence-corrected chi connectivity index (χ1v) is 11.4. The maximum absolute atomic E-state index is 13.1. The van der Waals surface area contributed by atoms with Gasteiger partial charge in [-0.15, -0.1) is 0 Å². The van der Waals surface area contributed by atoms with Gasteiger partial charge < -0.3 is 36.5 Å². The molecule has 0 bridgehead atoms. The number of imidazole rings is 1. The van der Waals surface area contributed by atoms with Crippen LogP contribution in [-0.4, -0.2) is 74.6 Å². The quantitative estimate of drug-likeness (QED) is 0.215. The first kappa shape index (κ1) is 25.7. The van der Waals surface area contributed by atoms with Gasteiger partial charge in [-0.2, -0.15) is 0 Å². The second-order valence-electron chi connectivity index (χ2n) is 8.49. The number of hydrogen-bond acceptors (Lipinski definition) is 7. The minimum atomic E-state index is -1.27. The van der Waals surface area contributed by atoms with Gasteiger partial charge in [0.05, 0.1) is 12.4 Å². The van der Waals surface area contributed by atoms with Crippen LogP contribution < -0.4 is 21.3 Å². The Kier molecular flexibility index (Phi) is 8.79. The molecule has 1 aromatic heterocycles. The summed E-state index contributed by atoms with van der Waals surface area (Å²) in [5, 5.41) is 29.8. The molecular formula is C23H30N6O6. The first-order valence-electron chi connectivity index (χ1n) is 11.4. The number of carbonyl (C=O) groups excluding carboxylic acids is 3. The van der Waals surface area contributed by atoms with Gasteiger partial charge in [-0.05, 0) is 44.0 Å². The molecule has 7 N–H and O–H groups in total. The summed E-state index contributed by atoms with van der Waals surface area (Å²) in [6, 6.07) is 2.32. The first-order chi connectivity index (χ1) is 16.7. The largest absolute Gasteiger partial charge is 0.508 e. The predicted molar refractivity (Wildman–Crippen MR) is 124 cm³/mol. The molecule has 0 spiro atoms. The van der Waals surface area contributed by atoms with Gasteiger partial charge in [-0.1, -0.05) is 12.1 Å². The number of phenolic OH excluding ortho intramolecular Hbond substituents is 1. The molecule has 1 aromatic carbocycles. The molecule has 3 rings (SSSR count).